The van der Waals surface area contributed by atoms with Gasteiger partial charge in [-0.2, -0.15) is 0 Å². The minimum Gasteiger partial charge on any atom is -0.360 e. The predicted molar refractivity (Wildman–Crippen MR) is 68.9 cm³/mol. The Balaban J connectivity index is 2.23. The van der Waals surface area contributed by atoms with Crippen LogP contribution in [0, 0.1) is 6.92 Å². The van der Waals surface area contributed by atoms with E-state index in [1.54, 1.807) is 11.8 Å². The van der Waals surface area contributed by atoms with Crippen molar-refractivity contribution in [3.63, 3.8) is 0 Å². The van der Waals surface area contributed by atoms with E-state index < -0.39 is 0 Å². The molecule has 2 heterocycles. The van der Waals surface area contributed by atoms with Gasteiger partial charge in [0, 0.05) is 32.0 Å². The molecule has 1 aliphatic rings. The van der Waals surface area contributed by atoms with E-state index in [1.165, 1.54) is 0 Å². The molecule has 0 saturated carbocycles. The van der Waals surface area contributed by atoms with Crippen LogP contribution < -0.4 is 5.32 Å². The summed E-state index contributed by atoms with van der Waals surface area (Å²) in [4.78, 5) is 25.5. The van der Waals surface area contributed by atoms with Gasteiger partial charge in [-0.3, -0.25) is 9.59 Å². The van der Waals surface area contributed by atoms with Gasteiger partial charge in [0.15, 0.2) is 5.76 Å². The summed E-state index contributed by atoms with van der Waals surface area (Å²) < 4.78 is 5.24. The number of nitrogens with zero attached hydrogens (tertiary/aromatic N) is 2. The van der Waals surface area contributed by atoms with Crippen LogP contribution in [0.15, 0.2) is 4.52 Å². The van der Waals surface area contributed by atoms with Crippen LogP contribution in [0.25, 0.3) is 0 Å². The molecule has 6 nitrogen and oxygen atoms in total. The molecule has 1 saturated heterocycles. The highest BCUT2D eigenvalue weighted by molar-refractivity contribution is 5.96. The molecule has 0 atom stereocenters. The Morgan fingerprint density at radius 2 is 2.16 bits per heavy atom. The van der Waals surface area contributed by atoms with Crippen LogP contribution in [-0.2, 0) is 4.79 Å². The van der Waals surface area contributed by atoms with Crippen molar-refractivity contribution in [3.05, 3.63) is 17.0 Å². The molecule has 1 fully saturated rings. The summed E-state index contributed by atoms with van der Waals surface area (Å²) in [6.07, 6.45) is 0.340. The molecule has 1 aromatic heterocycles. The molecule has 1 aromatic rings. The van der Waals surface area contributed by atoms with E-state index in [4.69, 9.17) is 4.52 Å². The molecule has 0 spiro atoms. The number of aromatic nitrogens is 1. The van der Waals surface area contributed by atoms with E-state index in [1.807, 2.05) is 13.8 Å². The minimum atomic E-state index is -0.0982. The van der Waals surface area contributed by atoms with E-state index in [9.17, 15) is 9.59 Å². The summed E-state index contributed by atoms with van der Waals surface area (Å²) in [5.74, 6) is 0.610. The minimum absolute atomic E-state index is 0.0126. The summed E-state index contributed by atoms with van der Waals surface area (Å²) in [7, 11) is 0. The van der Waals surface area contributed by atoms with Crippen LogP contribution >= 0.6 is 0 Å². The second-order valence-electron chi connectivity index (χ2n) is 5.05. The second-order valence-corrected chi connectivity index (χ2v) is 5.05. The van der Waals surface area contributed by atoms with Gasteiger partial charge in [0.25, 0.3) is 5.91 Å². The second kappa shape index (κ2) is 5.42. The molecule has 104 valence electrons. The molecule has 0 radical (unpaired) electrons. The molecule has 0 aliphatic carbocycles. The quantitative estimate of drug-likeness (QED) is 0.867. The van der Waals surface area contributed by atoms with Gasteiger partial charge in [0.05, 0.1) is 5.69 Å². The van der Waals surface area contributed by atoms with Crippen LogP contribution in [0.1, 0.15) is 48.0 Å². The van der Waals surface area contributed by atoms with Gasteiger partial charge >= 0.3 is 0 Å². The van der Waals surface area contributed by atoms with E-state index in [0.717, 1.165) is 0 Å². The maximum Gasteiger partial charge on any atom is 0.259 e. The third kappa shape index (κ3) is 2.77. The smallest absolute Gasteiger partial charge is 0.259 e. The molecular formula is C13H19N3O3. The first-order valence-electron chi connectivity index (χ1n) is 6.53. The lowest BCUT2D eigenvalue weighted by Gasteiger charge is -2.19. The molecule has 0 bridgehead atoms. The van der Waals surface area contributed by atoms with Crippen LogP contribution in [-0.4, -0.2) is 41.5 Å². The number of rotatable bonds is 2. The topological polar surface area (TPSA) is 75.4 Å². The molecule has 6 heteroatoms. The van der Waals surface area contributed by atoms with Crippen molar-refractivity contribution in [3.8, 4) is 0 Å². The number of carbonyl (C=O) groups is 2. The van der Waals surface area contributed by atoms with Crippen LogP contribution in [0.5, 0.6) is 0 Å². The van der Waals surface area contributed by atoms with Crippen LogP contribution in [0.2, 0.25) is 0 Å². The molecule has 1 aliphatic heterocycles. The summed E-state index contributed by atoms with van der Waals surface area (Å²) >= 11 is 0. The number of hydrogen-bond donors (Lipinski definition) is 1. The van der Waals surface area contributed by atoms with Crippen molar-refractivity contribution in [2.75, 3.05) is 19.6 Å². The number of nitrogens with one attached hydrogen (secondary N) is 1. The van der Waals surface area contributed by atoms with Crippen LogP contribution in [0.4, 0.5) is 0 Å². The molecule has 19 heavy (non-hydrogen) atoms. The van der Waals surface area contributed by atoms with Gasteiger partial charge in [-0.1, -0.05) is 19.0 Å². The predicted octanol–water partition coefficient (Wildman–Crippen LogP) is 1.07. The zero-order chi connectivity index (χ0) is 14.0. The normalized spacial score (nSPS) is 16.4. The van der Waals surface area contributed by atoms with Crippen molar-refractivity contribution in [2.24, 2.45) is 0 Å². The number of carbonyl (C=O) groups excluding carboxylic acids is 2. The fourth-order valence-electron chi connectivity index (χ4n) is 2.17. The van der Waals surface area contributed by atoms with Gasteiger partial charge in [-0.25, -0.2) is 0 Å². The van der Waals surface area contributed by atoms with Crippen LogP contribution in [0.3, 0.4) is 0 Å². The number of hydrogen-bond acceptors (Lipinski definition) is 4. The Labute approximate surface area is 112 Å². The summed E-state index contributed by atoms with van der Waals surface area (Å²) in [6, 6.07) is 0. The fraction of sp³-hybridized carbons (Fsp3) is 0.615. The summed E-state index contributed by atoms with van der Waals surface area (Å²) in [6.45, 7) is 7.14. The first-order chi connectivity index (χ1) is 9.00. The van der Waals surface area contributed by atoms with Gasteiger partial charge in [0.1, 0.15) is 5.56 Å². The zero-order valence-electron chi connectivity index (χ0n) is 11.5. The van der Waals surface area contributed by atoms with Crippen molar-refractivity contribution < 1.29 is 14.1 Å². The van der Waals surface area contributed by atoms with Gasteiger partial charge in [0.2, 0.25) is 5.91 Å². The third-order valence-corrected chi connectivity index (χ3v) is 3.23. The molecule has 0 unspecified atom stereocenters. The van der Waals surface area contributed by atoms with Crippen molar-refractivity contribution in [2.45, 2.75) is 33.1 Å². The third-order valence-electron chi connectivity index (χ3n) is 3.23. The fourth-order valence-corrected chi connectivity index (χ4v) is 2.17. The molecule has 1 N–H and O–H groups in total. The Kier molecular flexibility index (Phi) is 3.87. The number of aryl methyl sites for hydroxylation is 1. The highest BCUT2D eigenvalue weighted by Crippen LogP contribution is 2.23. The van der Waals surface area contributed by atoms with Crippen molar-refractivity contribution in [1.29, 1.82) is 0 Å². The SMILES string of the molecule is Cc1noc(C(C)C)c1C(=O)N1CCNC(=O)CC1. The Morgan fingerprint density at radius 1 is 1.42 bits per heavy atom. The highest BCUT2D eigenvalue weighted by Gasteiger charge is 2.27. The molecular weight excluding hydrogens is 246 g/mol. The highest BCUT2D eigenvalue weighted by atomic mass is 16.5. The average Bonchev–Trinajstić information content (AvgIpc) is 2.61. The Morgan fingerprint density at radius 3 is 2.84 bits per heavy atom. The first-order valence-corrected chi connectivity index (χ1v) is 6.53. The molecule has 0 aromatic carbocycles. The zero-order valence-corrected chi connectivity index (χ0v) is 11.5. The van der Waals surface area contributed by atoms with Gasteiger partial charge in [-0.15, -0.1) is 0 Å². The summed E-state index contributed by atoms with van der Waals surface area (Å²) in [5.41, 5.74) is 1.15. The monoisotopic (exact) mass is 265 g/mol. The van der Waals surface area contributed by atoms with E-state index in [0.29, 0.717) is 43.1 Å². The Bertz CT molecular complexity index is 493. The van der Waals surface area contributed by atoms with E-state index in [2.05, 4.69) is 10.5 Å². The maximum absolute atomic E-state index is 12.6. The lowest BCUT2D eigenvalue weighted by atomic mass is 10.0. The Hall–Kier alpha value is -1.85. The van der Waals surface area contributed by atoms with E-state index in [-0.39, 0.29) is 17.7 Å². The first kappa shape index (κ1) is 13.6. The van der Waals surface area contributed by atoms with Gasteiger partial charge in [-0.05, 0) is 6.92 Å². The number of amides is 2. The average molecular weight is 265 g/mol. The summed E-state index contributed by atoms with van der Waals surface area (Å²) in [5, 5.41) is 6.64. The van der Waals surface area contributed by atoms with E-state index >= 15 is 0 Å². The maximum atomic E-state index is 12.6. The molecule has 2 amide bonds. The molecule has 2 rings (SSSR count). The lowest BCUT2D eigenvalue weighted by Crippen LogP contribution is -2.35. The van der Waals surface area contributed by atoms with Crippen molar-refractivity contribution >= 4 is 11.8 Å². The van der Waals surface area contributed by atoms with Crippen molar-refractivity contribution in [1.82, 2.24) is 15.4 Å². The largest absolute Gasteiger partial charge is 0.360 e. The lowest BCUT2D eigenvalue weighted by molar-refractivity contribution is -0.120. The standard InChI is InChI=1S/C13H19N3O3/c1-8(2)12-11(9(3)15-19-12)13(18)16-6-4-10(17)14-5-7-16/h8H,4-7H2,1-3H3,(H,14,17). The van der Waals surface area contributed by atoms with Gasteiger partial charge < -0.3 is 14.7 Å².